The third-order valence-corrected chi connectivity index (χ3v) is 3.51. The first kappa shape index (κ1) is 17.9. The summed E-state index contributed by atoms with van der Waals surface area (Å²) in [6, 6.07) is 8.69. The Balaban J connectivity index is 2.31. The van der Waals surface area contributed by atoms with Gasteiger partial charge in [0.05, 0.1) is 11.1 Å². The van der Waals surface area contributed by atoms with Gasteiger partial charge in [-0.1, -0.05) is 23.2 Å². The Labute approximate surface area is 146 Å². The summed E-state index contributed by atoms with van der Waals surface area (Å²) in [5.74, 6) is 1.36. The van der Waals surface area contributed by atoms with Gasteiger partial charge in [-0.3, -0.25) is 0 Å². The molecule has 1 N–H and O–H groups in total. The molecule has 6 heteroatoms. The van der Waals surface area contributed by atoms with E-state index in [0.29, 0.717) is 40.4 Å². The monoisotopic (exact) mass is 355 g/mol. The van der Waals surface area contributed by atoms with E-state index in [0.717, 1.165) is 5.56 Å². The number of aryl methyl sites for hydroxylation is 1. The van der Waals surface area contributed by atoms with E-state index in [1.165, 1.54) is 0 Å². The highest BCUT2D eigenvalue weighted by Gasteiger charge is 2.12. The van der Waals surface area contributed by atoms with Gasteiger partial charge in [0.2, 0.25) is 11.8 Å². The number of ether oxygens (including phenoxy) is 2. The molecule has 0 fully saturated rings. The van der Waals surface area contributed by atoms with Crippen LogP contribution in [0.15, 0.2) is 30.3 Å². The first-order valence-corrected chi connectivity index (χ1v) is 8.15. The molecule has 0 bridgehead atoms. The predicted molar refractivity (Wildman–Crippen MR) is 91.9 cm³/mol. The second-order valence-corrected chi connectivity index (χ2v) is 6.13. The molecular formula is C17H19Cl2NO3. The molecule has 0 atom stereocenters. The van der Waals surface area contributed by atoms with Gasteiger partial charge < -0.3 is 14.6 Å². The molecule has 0 radical (unpaired) electrons. The summed E-state index contributed by atoms with van der Waals surface area (Å²) in [6.07, 6.45) is 1.28. The molecule has 23 heavy (non-hydrogen) atoms. The van der Waals surface area contributed by atoms with Gasteiger partial charge >= 0.3 is 0 Å². The van der Waals surface area contributed by atoms with Crippen LogP contribution in [0.5, 0.6) is 17.5 Å². The van der Waals surface area contributed by atoms with Crippen LogP contribution in [0, 0.1) is 0 Å². The number of pyridine rings is 1. The minimum atomic E-state index is 0.0118. The summed E-state index contributed by atoms with van der Waals surface area (Å²) in [7, 11) is 0. The third-order valence-electron chi connectivity index (χ3n) is 2.97. The molecule has 1 aromatic carbocycles. The van der Waals surface area contributed by atoms with Crippen LogP contribution in [0.4, 0.5) is 0 Å². The van der Waals surface area contributed by atoms with Gasteiger partial charge in [0.25, 0.3) is 0 Å². The summed E-state index contributed by atoms with van der Waals surface area (Å²) >= 11 is 12.1. The number of nitrogens with zero attached hydrogens (tertiary/aromatic N) is 1. The lowest BCUT2D eigenvalue weighted by molar-refractivity contribution is 0.230. The fourth-order valence-electron chi connectivity index (χ4n) is 1.97. The number of hydrogen-bond donors (Lipinski definition) is 1. The van der Waals surface area contributed by atoms with E-state index in [2.05, 4.69) is 4.98 Å². The second-order valence-electron chi connectivity index (χ2n) is 5.28. The molecule has 1 aromatic heterocycles. The van der Waals surface area contributed by atoms with Crippen LogP contribution < -0.4 is 9.47 Å². The Morgan fingerprint density at radius 2 is 1.96 bits per heavy atom. The van der Waals surface area contributed by atoms with Crippen LogP contribution in [0.1, 0.15) is 25.8 Å². The predicted octanol–water partition coefficient (Wildman–Crippen LogP) is 4.89. The maximum atomic E-state index is 9.03. The highest BCUT2D eigenvalue weighted by atomic mass is 35.5. The zero-order valence-electron chi connectivity index (χ0n) is 13.1. The van der Waals surface area contributed by atoms with Gasteiger partial charge in [-0.25, -0.2) is 0 Å². The number of hydrogen-bond acceptors (Lipinski definition) is 4. The molecule has 1 heterocycles. The van der Waals surface area contributed by atoms with Crippen molar-refractivity contribution in [3.05, 3.63) is 45.9 Å². The summed E-state index contributed by atoms with van der Waals surface area (Å²) in [6.45, 7) is 3.96. The highest BCUT2D eigenvalue weighted by molar-refractivity contribution is 6.35. The van der Waals surface area contributed by atoms with Crippen molar-refractivity contribution in [3.63, 3.8) is 0 Å². The molecule has 124 valence electrons. The fraction of sp³-hybridized carbons (Fsp3) is 0.353. The summed E-state index contributed by atoms with van der Waals surface area (Å²) in [5, 5.41) is 9.97. The van der Waals surface area contributed by atoms with Gasteiger partial charge in [-0.15, -0.1) is 0 Å². The Hall–Kier alpha value is -1.49. The lowest BCUT2D eigenvalue weighted by Crippen LogP contribution is -2.08. The SMILES string of the molecule is CC(C)Oc1ccc(CCCO)c(Oc2ccc(Cl)cc2Cl)n1. The quantitative estimate of drug-likeness (QED) is 0.767. The Bertz CT molecular complexity index is 662. The summed E-state index contributed by atoms with van der Waals surface area (Å²) in [4.78, 5) is 4.41. The second kappa shape index (κ2) is 8.39. The number of aliphatic hydroxyl groups is 1. The number of aromatic nitrogens is 1. The molecule has 0 saturated carbocycles. The minimum absolute atomic E-state index is 0.0118. The Morgan fingerprint density at radius 1 is 1.17 bits per heavy atom. The molecule has 4 nitrogen and oxygen atoms in total. The van der Waals surface area contributed by atoms with Gasteiger partial charge in [-0.2, -0.15) is 4.98 Å². The van der Waals surface area contributed by atoms with E-state index in [9.17, 15) is 0 Å². The van der Waals surface area contributed by atoms with Gasteiger partial charge in [-0.05, 0) is 51.0 Å². The van der Waals surface area contributed by atoms with Crippen LogP contribution in [-0.2, 0) is 6.42 Å². The average Bonchev–Trinajstić information content (AvgIpc) is 2.48. The maximum Gasteiger partial charge on any atom is 0.225 e. The molecule has 0 amide bonds. The molecule has 2 aromatic rings. The number of halogens is 2. The van der Waals surface area contributed by atoms with Crippen LogP contribution in [-0.4, -0.2) is 22.8 Å². The molecule has 0 aliphatic carbocycles. The molecule has 0 unspecified atom stereocenters. The van der Waals surface area contributed by atoms with Crippen LogP contribution in [0.2, 0.25) is 10.0 Å². The standard InChI is InChI=1S/C17H19Cl2NO3/c1-11(2)22-16-8-5-12(4-3-9-21)17(20-16)23-15-7-6-13(18)10-14(15)19/h5-8,10-11,21H,3-4,9H2,1-2H3. The van der Waals surface area contributed by atoms with Crippen molar-refractivity contribution in [2.75, 3.05) is 6.61 Å². The van der Waals surface area contributed by atoms with Crippen molar-refractivity contribution in [1.29, 1.82) is 0 Å². The van der Waals surface area contributed by atoms with E-state index in [4.69, 9.17) is 37.8 Å². The smallest absolute Gasteiger partial charge is 0.225 e. The summed E-state index contributed by atoms with van der Waals surface area (Å²) < 4.78 is 11.5. The maximum absolute atomic E-state index is 9.03. The van der Waals surface area contributed by atoms with Crippen molar-refractivity contribution < 1.29 is 14.6 Å². The molecular weight excluding hydrogens is 337 g/mol. The van der Waals surface area contributed by atoms with Gasteiger partial charge in [0.1, 0.15) is 5.75 Å². The molecule has 0 aliphatic rings. The van der Waals surface area contributed by atoms with Crippen LogP contribution in [0.3, 0.4) is 0 Å². The van der Waals surface area contributed by atoms with E-state index >= 15 is 0 Å². The van der Waals surface area contributed by atoms with Crippen molar-refractivity contribution in [3.8, 4) is 17.5 Å². The Morgan fingerprint density at radius 3 is 2.61 bits per heavy atom. The average molecular weight is 356 g/mol. The lowest BCUT2D eigenvalue weighted by Gasteiger charge is -2.14. The zero-order valence-corrected chi connectivity index (χ0v) is 14.6. The van der Waals surface area contributed by atoms with Gasteiger partial charge in [0.15, 0.2) is 0 Å². The van der Waals surface area contributed by atoms with Gasteiger partial charge in [0, 0.05) is 23.3 Å². The van der Waals surface area contributed by atoms with Crippen molar-refractivity contribution in [2.45, 2.75) is 32.8 Å². The van der Waals surface area contributed by atoms with E-state index < -0.39 is 0 Å². The minimum Gasteiger partial charge on any atom is -0.475 e. The number of aliphatic hydroxyl groups excluding tert-OH is 1. The van der Waals surface area contributed by atoms with E-state index in [1.54, 1.807) is 24.3 Å². The van der Waals surface area contributed by atoms with Crippen molar-refractivity contribution in [1.82, 2.24) is 4.98 Å². The Kier molecular flexibility index (Phi) is 6.51. The van der Waals surface area contributed by atoms with Crippen LogP contribution in [0.25, 0.3) is 0 Å². The summed E-state index contributed by atoms with van der Waals surface area (Å²) in [5.41, 5.74) is 0.876. The normalized spacial score (nSPS) is 10.9. The highest BCUT2D eigenvalue weighted by Crippen LogP contribution is 2.33. The number of rotatable bonds is 7. The first-order chi connectivity index (χ1) is 11.0. The molecule has 0 saturated heterocycles. The largest absolute Gasteiger partial charge is 0.475 e. The lowest BCUT2D eigenvalue weighted by atomic mass is 10.1. The first-order valence-electron chi connectivity index (χ1n) is 7.40. The third kappa shape index (κ3) is 5.27. The van der Waals surface area contributed by atoms with Crippen molar-refractivity contribution in [2.24, 2.45) is 0 Å². The van der Waals surface area contributed by atoms with E-state index in [1.807, 2.05) is 19.9 Å². The fourth-order valence-corrected chi connectivity index (χ4v) is 2.42. The van der Waals surface area contributed by atoms with Crippen LogP contribution >= 0.6 is 23.2 Å². The molecule has 0 aliphatic heterocycles. The molecule has 0 spiro atoms. The van der Waals surface area contributed by atoms with Crippen molar-refractivity contribution >= 4 is 23.2 Å². The molecule has 2 rings (SSSR count). The number of benzene rings is 1. The van der Waals surface area contributed by atoms with E-state index in [-0.39, 0.29) is 12.7 Å². The topological polar surface area (TPSA) is 51.6 Å². The zero-order chi connectivity index (χ0) is 16.8.